The largest absolute Gasteiger partial charge is 0.413 e. The fourth-order valence-electron chi connectivity index (χ4n) is 0.982. The molecule has 5 nitrogen and oxygen atoms in total. The summed E-state index contributed by atoms with van der Waals surface area (Å²) in [5.74, 6) is -0.415. The van der Waals surface area contributed by atoms with Crippen molar-refractivity contribution in [3.63, 3.8) is 0 Å². The number of hydrogen-bond donors (Lipinski definition) is 0. The lowest BCUT2D eigenvalue weighted by Gasteiger charge is -2.20. The number of nitrogens with zero attached hydrogens (tertiary/aromatic N) is 1. The highest BCUT2D eigenvalue weighted by Crippen LogP contribution is 2.05. The lowest BCUT2D eigenvalue weighted by atomic mass is 10.3. The summed E-state index contributed by atoms with van der Waals surface area (Å²) in [5, 5.41) is 0. The molecule has 0 bridgehead atoms. The normalized spacial score (nSPS) is 24.2. The van der Waals surface area contributed by atoms with Crippen molar-refractivity contribution < 1.29 is 19.0 Å². The minimum atomic E-state index is -0.633. The number of ether oxygens (including phenoxy) is 3. The van der Waals surface area contributed by atoms with Gasteiger partial charge in [-0.3, -0.25) is 4.99 Å². The molecule has 0 N–H and O–H groups in total. The molecule has 0 aromatic heterocycles. The number of cyclic esters (lactones) is 1. The van der Waals surface area contributed by atoms with Crippen LogP contribution in [0.1, 0.15) is 13.8 Å². The predicted molar refractivity (Wildman–Crippen MR) is 45.4 cm³/mol. The summed E-state index contributed by atoms with van der Waals surface area (Å²) in [5.41, 5.74) is 0. The molecule has 0 aromatic rings. The van der Waals surface area contributed by atoms with Crippen LogP contribution in [0.2, 0.25) is 0 Å². The fraction of sp³-hybridized carbons (Fsp3) is 0.750. The molecular formula is C8H13NO4. The van der Waals surface area contributed by atoms with Crippen molar-refractivity contribution in [2.75, 3.05) is 13.2 Å². The van der Waals surface area contributed by atoms with Crippen LogP contribution in [0.15, 0.2) is 4.99 Å². The van der Waals surface area contributed by atoms with E-state index in [1.54, 1.807) is 6.92 Å². The maximum Gasteiger partial charge on any atom is 0.343 e. The Balaban J connectivity index is 2.35. The van der Waals surface area contributed by atoms with E-state index in [0.717, 1.165) is 6.40 Å². The number of carbonyl (C=O) groups is 1. The molecule has 0 aromatic carbocycles. The Labute approximate surface area is 76.7 Å². The van der Waals surface area contributed by atoms with Gasteiger partial charge in [0.15, 0.2) is 18.8 Å². The zero-order valence-electron chi connectivity index (χ0n) is 7.73. The molecule has 2 unspecified atom stereocenters. The van der Waals surface area contributed by atoms with Crippen LogP contribution in [0.25, 0.3) is 0 Å². The highest BCUT2D eigenvalue weighted by Gasteiger charge is 2.25. The van der Waals surface area contributed by atoms with Crippen molar-refractivity contribution >= 4 is 12.4 Å². The highest BCUT2D eigenvalue weighted by atomic mass is 16.7. The molecule has 0 saturated carbocycles. The molecule has 5 heteroatoms. The minimum Gasteiger partial charge on any atom is -0.413 e. The van der Waals surface area contributed by atoms with E-state index in [0.29, 0.717) is 13.2 Å². The second-order valence-electron chi connectivity index (χ2n) is 2.56. The van der Waals surface area contributed by atoms with Crippen LogP contribution in [-0.4, -0.2) is 37.9 Å². The highest BCUT2D eigenvalue weighted by molar-refractivity contribution is 5.83. The third kappa shape index (κ3) is 3.12. The molecule has 0 amide bonds. The average molecular weight is 187 g/mol. The Morgan fingerprint density at radius 1 is 1.85 bits per heavy atom. The molecule has 0 saturated heterocycles. The SMILES string of the molecule is CCOC(C)OC1CN=COC1=O. The van der Waals surface area contributed by atoms with Crippen LogP contribution in [0, 0.1) is 0 Å². The van der Waals surface area contributed by atoms with Crippen molar-refractivity contribution in [3.8, 4) is 0 Å². The molecule has 1 heterocycles. The van der Waals surface area contributed by atoms with Gasteiger partial charge in [-0.2, -0.15) is 0 Å². The molecule has 2 atom stereocenters. The summed E-state index contributed by atoms with van der Waals surface area (Å²) in [6, 6.07) is 0. The summed E-state index contributed by atoms with van der Waals surface area (Å²) in [7, 11) is 0. The number of esters is 1. The quantitative estimate of drug-likeness (QED) is 0.470. The van der Waals surface area contributed by atoms with Crippen LogP contribution in [0.3, 0.4) is 0 Å². The summed E-state index contributed by atoms with van der Waals surface area (Å²) >= 11 is 0. The molecule has 0 aliphatic carbocycles. The second kappa shape index (κ2) is 4.94. The van der Waals surface area contributed by atoms with Crippen molar-refractivity contribution in [1.82, 2.24) is 0 Å². The summed E-state index contributed by atoms with van der Waals surface area (Å²) in [6.07, 6.45) is 0.0930. The maximum absolute atomic E-state index is 11.0. The van der Waals surface area contributed by atoms with E-state index < -0.39 is 18.4 Å². The van der Waals surface area contributed by atoms with Crippen LogP contribution < -0.4 is 0 Å². The zero-order valence-corrected chi connectivity index (χ0v) is 7.73. The Hall–Kier alpha value is -0.940. The van der Waals surface area contributed by atoms with Gasteiger partial charge < -0.3 is 14.2 Å². The average Bonchev–Trinajstić information content (AvgIpc) is 2.09. The summed E-state index contributed by atoms with van der Waals surface area (Å²) < 4.78 is 14.9. The van der Waals surface area contributed by atoms with Crippen molar-refractivity contribution in [2.24, 2.45) is 4.99 Å². The first kappa shape index (κ1) is 10.1. The van der Waals surface area contributed by atoms with Gasteiger partial charge in [-0.15, -0.1) is 0 Å². The van der Waals surface area contributed by atoms with E-state index in [-0.39, 0.29) is 0 Å². The third-order valence-corrected chi connectivity index (χ3v) is 1.53. The molecule has 13 heavy (non-hydrogen) atoms. The number of hydrogen-bond acceptors (Lipinski definition) is 5. The number of rotatable bonds is 4. The first-order chi connectivity index (χ1) is 6.24. The maximum atomic E-state index is 11.0. The first-order valence-electron chi connectivity index (χ1n) is 4.20. The van der Waals surface area contributed by atoms with Crippen LogP contribution in [-0.2, 0) is 19.0 Å². The minimum absolute atomic E-state index is 0.302. The predicted octanol–water partition coefficient (Wildman–Crippen LogP) is 0.339. The molecule has 1 aliphatic rings. The van der Waals surface area contributed by atoms with Crippen molar-refractivity contribution in [1.29, 1.82) is 0 Å². The Bertz CT molecular complexity index is 204. The van der Waals surface area contributed by atoms with Crippen LogP contribution in [0.5, 0.6) is 0 Å². The first-order valence-corrected chi connectivity index (χ1v) is 4.20. The van der Waals surface area contributed by atoms with E-state index in [4.69, 9.17) is 9.47 Å². The van der Waals surface area contributed by atoms with Gasteiger partial charge in [0.1, 0.15) is 0 Å². The Morgan fingerprint density at radius 2 is 2.62 bits per heavy atom. The van der Waals surface area contributed by atoms with E-state index in [2.05, 4.69) is 9.73 Å². The lowest BCUT2D eigenvalue weighted by molar-refractivity contribution is -0.181. The van der Waals surface area contributed by atoms with Gasteiger partial charge in [-0.1, -0.05) is 0 Å². The van der Waals surface area contributed by atoms with E-state index in [9.17, 15) is 4.79 Å². The van der Waals surface area contributed by atoms with Crippen molar-refractivity contribution in [2.45, 2.75) is 26.2 Å². The van der Waals surface area contributed by atoms with Gasteiger partial charge in [0.25, 0.3) is 0 Å². The fourth-order valence-corrected chi connectivity index (χ4v) is 0.982. The topological polar surface area (TPSA) is 57.1 Å². The number of carbonyl (C=O) groups excluding carboxylic acids is 1. The Morgan fingerprint density at radius 3 is 3.23 bits per heavy atom. The molecule has 74 valence electrons. The third-order valence-electron chi connectivity index (χ3n) is 1.53. The molecule has 1 aliphatic heterocycles. The molecule has 0 spiro atoms. The van der Waals surface area contributed by atoms with Gasteiger partial charge in [-0.05, 0) is 13.8 Å². The smallest absolute Gasteiger partial charge is 0.343 e. The second-order valence-corrected chi connectivity index (χ2v) is 2.56. The van der Waals surface area contributed by atoms with E-state index in [1.807, 2.05) is 6.92 Å². The molecule has 0 fully saturated rings. The van der Waals surface area contributed by atoms with E-state index >= 15 is 0 Å². The van der Waals surface area contributed by atoms with Crippen LogP contribution >= 0.6 is 0 Å². The molecule has 1 rings (SSSR count). The van der Waals surface area contributed by atoms with Gasteiger partial charge >= 0.3 is 5.97 Å². The van der Waals surface area contributed by atoms with Gasteiger partial charge in [0.05, 0.1) is 6.54 Å². The van der Waals surface area contributed by atoms with Crippen molar-refractivity contribution in [3.05, 3.63) is 0 Å². The lowest BCUT2D eigenvalue weighted by Crippen LogP contribution is -2.35. The van der Waals surface area contributed by atoms with Gasteiger partial charge in [-0.25, -0.2) is 4.79 Å². The molecule has 0 radical (unpaired) electrons. The monoisotopic (exact) mass is 187 g/mol. The number of aliphatic imine (C=N–C) groups is 1. The Kier molecular flexibility index (Phi) is 3.85. The molecular weight excluding hydrogens is 174 g/mol. The zero-order chi connectivity index (χ0) is 9.68. The van der Waals surface area contributed by atoms with Gasteiger partial charge in [0.2, 0.25) is 0 Å². The summed E-state index contributed by atoms with van der Waals surface area (Å²) in [6.45, 7) is 4.44. The standard InChI is InChI=1S/C8H13NO4/c1-3-11-6(2)13-7-4-9-5-12-8(7)10/h5-7H,3-4H2,1-2H3. The van der Waals surface area contributed by atoms with E-state index in [1.165, 1.54) is 0 Å². The van der Waals surface area contributed by atoms with Gasteiger partial charge in [0, 0.05) is 6.61 Å². The van der Waals surface area contributed by atoms with Crippen LogP contribution in [0.4, 0.5) is 0 Å². The summed E-state index contributed by atoms with van der Waals surface area (Å²) in [4.78, 5) is 14.8.